The molecule has 2 aliphatic rings. The van der Waals surface area contributed by atoms with Gasteiger partial charge in [-0.05, 0) is 36.2 Å². The predicted molar refractivity (Wildman–Crippen MR) is 112 cm³/mol. The highest BCUT2D eigenvalue weighted by Gasteiger charge is 2.31. The summed E-state index contributed by atoms with van der Waals surface area (Å²) >= 11 is 0. The molecule has 7 heteroatoms. The Hall–Kier alpha value is -2.64. The topological polar surface area (TPSA) is 79.3 Å². The third kappa shape index (κ3) is 4.13. The summed E-state index contributed by atoms with van der Waals surface area (Å²) in [5, 5.41) is 12.7. The largest absolute Gasteiger partial charge is 0.507 e. The second-order valence-electron chi connectivity index (χ2n) is 7.98. The van der Waals surface area contributed by atoms with Crippen molar-refractivity contribution >= 4 is 22.6 Å². The maximum Gasteiger partial charge on any atom is 0.341 e. The molecule has 1 N–H and O–H groups in total. The number of nitrogens with zero attached hydrogens (tertiary/aromatic N) is 2. The number of phenolic OH excluding ortho intramolecular Hbond substituents is 1. The monoisotopic (exact) mass is 412 g/mol. The van der Waals surface area contributed by atoms with E-state index >= 15 is 0 Å². The van der Waals surface area contributed by atoms with Crippen LogP contribution < -0.4 is 0 Å². The average molecular weight is 412 g/mol. The van der Waals surface area contributed by atoms with Crippen LogP contribution in [0.4, 0.5) is 0 Å². The van der Waals surface area contributed by atoms with Crippen LogP contribution in [0.3, 0.4) is 0 Å². The number of phenols is 1. The van der Waals surface area contributed by atoms with Gasteiger partial charge in [0.05, 0.1) is 26.2 Å². The molecule has 7 nitrogen and oxygen atoms in total. The number of aromatic hydroxyl groups is 1. The lowest BCUT2D eigenvalue weighted by atomic mass is 9.94. The molecule has 0 saturated carbocycles. The fraction of sp³-hybridized carbons (Fsp3) is 0.478. The Kier molecular flexibility index (Phi) is 6.20. The van der Waals surface area contributed by atoms with Crippen LogP contribution in [0.1, 0.15) is 28.8 Å². The van der Waals surface area contributed by atoms with Crippen molar-refractivity contribution in [2.75, 3.05) is 46.5 Å². The Morgan fingerprint density at radius 3 is 2.73 bits per heavy atom. The number of fused-ring (bicyclic) bond motifs is 1. The minimum atomic E-state index is -0.557. The van der Waals surface area contributed by atoms with Crippen LogP contribution in [0.25, 0.3) is 10.8 Å². The van der Waals surface area contributed by atoms with Crippen LogP contribution >= 0.6 is 0 Å². The number of hydrogen-bond donors (Lipinski definition) is 1. The fourth-order valence-corrected chi connectivity index (χ4v) is 4.50. The molecule has 0 aromatic heterocycles. The van der Waals surface area contributed by atoms with Crippen LogP contribution in [0, 0.1) is 5.92 Å². The molecule has 2 heterocycles. The number of carbonyl (C=O) groups is 2. The van der Waals surface area contributed by atoms with Gasteiger partial charge in [-0.2, -0.15) is 0 Å². The van der Waals surface area contributed by atoms with E-state index in [1.807, 2.05) is 29.2 Å². The number of piperidine rings is 1. The van der Waals surface area contributed by atoms with E-state index < -0.39 is 5.97 Å². The van der Waals surface area contributed by atoms with Crippen molar-refractivity contribution in [3.63, 3.8) is 0 Å². The standard InChI is InChI=1S/C23H28N2O5/c1-29-23(28)19-13-16-5-2-3-7-18(16)20(21(19)26)15-24-8-4-6-17(14-24)22(27)25-9-11-30-12-10-25/h2-3,5,7,13,17,26H,4,6,8-12,14-15H2,1H3. The molecular weight excluding hydrogens is 384 g/mol. The van der Waals surface area contributed by atoms with Gasteiger partial charge in [0, 0.05) is 31.7 Å². The second-order valence-corrected chi connectivity index (χ2v) is 7.98. The first-order valence-electron chi connectivity index (χ1n) is 10.5. The summed E-state index contributed by atoms with van der Waals surface area (Å²) in [6, 6.07) is 9.37. The predicted octanol–water partition coefficient (Wildman–Crippen LogP) is 2.40. The summed E-state index contributed by atoms with van der Waals surface area (Å²) in [5.74, 6) is -0.449. The Morgan fingerprint density at radius 2 is 1.97 bits per heavy atom. The minimum Gasteiger partial charge on any atom is -0.507 e. The van der Waals surface area contributed by atoms with Gasteiger partial charge in [-0.1, -0.05) is 24.3 Å². The first-order valence-corrected chi connectivity index (χ1v) is 10.5. The first-order chi connectivity index (χ1) is 14.6. The van der Waals surface area contributed by atoms with E-state index in [4.69, 9.17) is 9.47 Å². The van der Waals surface area contributed by atoms with Gasteiger partial charge in [0.15, 0.2) is 0 Å². The van der Waals surface area contributed by atoms with Crippen molar-refractivity contribution in [2.45, 2.75) is 19.4 Å². The Morgan fingerprint density at radius 1 is 1.20 bits per heavy atom. The minimum absolute atomic E-state index is 0.0396. The van der Waals surface area contributed by atoms with Crippen LogP contribution in [-0.4, -0.2) is 73.3 Å². The maximum absolute atomic E-state index is 12.9. The molecule has 2 aromatic carbocycles. The van der Waals surface area contributed by atoms with Crippen LogP contribution in [-0.2, 0) is 20.8 Å². The zero-order valence-corrected chi connectivity index (χ0v) is 17.3. The summed E-state index contributed by atoms with van der Waals surface area (Å²) in [5.41, 5.74) is 0.872. The first kappa shape index (κ1) is 20.6. The summed E-state index contributed by atoms with van der Waals surface area (Å²) < 4.78 is 10.2. The lowest BCUT2D eigenvalue weighted by molar-refractivity contribution is -0.141. The van der Waals surface area contributed by atoms with Crippen LogP contribution in [0.15, 0.2) is 30.3 Å². The van der Waals surface area contributed by atoms with Crippen molar-refractivity contribution in [1.29, 1.82) is 0 Å². The molecule has 2 aliphatic heterocycles. The van der Waals surface area contributed by atoms with Crippen molar-refractivity contribution < 1.29 is 24.2 Å². The molecule has 2 fully saturated rings. The van der Waals surface area contributed by atoms with Gasteiger partial charge in [0.25, 0.3) is 0 Å². The second kappa shape index (κ2) is 9.02. The number of morpholine rings is 1. The number of amides is 1. The van der Waals surface area contributed by atoms with E-state index in [9.17, 15) is 14.7 Å². The normalized spacial score (nSPS) is 20.3. The lowest BCUT2D eigenvalue weighted by Crippen LogP contribution is -2.48. The number of ether oxygens (including phenoxy) is 2. The third-order valence-corrected chi connectivity index (χ3v) is 6.09. The maximum atomic E-state index is 12.9. The molecule has 0 radical (unpaired) electrons. The fourth-order valence-electron chi connectivity index (χ4n) is 4.50. The van der Waals surface area contributed by atoms with Crippen molar-refractivity contribution in [3.8, 4) is 5.75 Å². The van der Waals surface area contributed by atoms with Crippen LogP contribution in [0.2, 0.25) is 0 Å². The van der Waals surface area contributed by atoms with E-state index in [1.165, 1.54) is 7.11 Å². The molecule has 1 amide bonds. The molecular formula is C23H28N2O5. The number of hydrogen-bond acceptors (Lipinski definition) is 6. The van der Waals surface area contributed by atoms with Gasteiger partial charge in [-0.3, -0.25) is 9.69 Å². The number of benzene rings is 2. The molecule has 160 valence electrons. The summed E-state index contributed by atoms with van der Waals surface area (Å²) in [4.78, 5) is 29.2. The molecule has 0 bridgehead atoms. The van der Waals surface area contributed by atoms with Gasteiger partial charge < -0.3 is 19.5 Å². The lowest BCUT2D eigenvalue weighted by Gasteiger charge is -2.36. The van der Waals surface area contributed by atoms with Crippen LogP contribution in [0.5, 0.6) is 5.75 Å². The van der Waals surface area contributed by atoms with Gasteiger partial charge in [-0.25, -0.2) is 4.79 Å². The van der Waals surface area contributed by atoms with Gasteiger partial charge in [0.2, 0.25) is 5.91 Å². The number of methoxy groups -OCH3 is 1. The summed E-state index contributed by atoms with van der Waals surface area (Å²) in [7, 11) is 1.31. The zero-order valence-electron chi connectivity index (χ0n) is 17.3. The zero-order chi connectivity index (χ0) is 21.1. The SMILES string of the molecule is COC(=O)c1cc2ccccc2c(CN2CCCC(C(=O)N3CCOCC3)C2)c1O. The Labute approximate surface area is 176 Å². The van der Waals surface area contributed by atoms with E-state index in [2.05, 4.69) is 4.90 Å². The molecule has 30 heavy (non-hydrogen) atoms. The Bertz CT molecular complexity index is 939. The van der Waals surface area contributed by atoms with E-state index in [0.717, 1.165) is 30.2 Å². The number of esters is 1. The quantitative estimate of drug-likeness (QED) is 0.777. The summed E-state index contributed by atoms with van der Waals surface area (Å²) in [6.45, 7) is 4.48. The van der Waals surface area contributed by atoms with E-state index in [0.29, 0.717) is 45.0 Å². The molecule has 0 spiro atoms. The highest BCUT2D eigenvalue weighted by atomic mass is 16.5. The van der Waals surface area contributed by atoms with E-state index in [-0.39, 0.29) is 23.1 Å². The van der Waals surface area contributed by atoms with Gasteiger partial charge >= 0.3 is 5.97 Å². The van der Waals surface area contributed by atoms with Crippen molar-refractivity contribution in [2.24, 2.45) is 5.92 Å². The molecule has 2 saturated heterocycles. The average Bonchev–Trinajstić information content (AvgIpc) is 2.80. The number of carbonyl (C=O) groups excluding carboxylic acids is 2. The van der Waals surface area contributed by atoms with Crippen molar-refractivity contribution in [1.82, 2.24) is 9.80 Å². The van der Waals surface area contributed by atoms with Crippen molar-refractivity contribution in [3.05, 3.63) is 41.5 Å². The highest BCUT2D eigenvalue weighted by Crippen LogP contribution is 2.34. The molecule has 2 aromatic rings. The van der Waals surface area contributed by atoms with E-state index in [1.54, 1.807) is 6.07 Å². The Balaban J connectivity index is 1.58. The molecule has 4 rings (SSSR count). The van der Waals surface area contributed by atoms with Gasteiger partial charge in [0.1, 0.15) is 11.3 Å². The number of likely N-dealkylation sites (tertiary alicyclic amines) is 1. The highest BCUT2D eigenvalue weighted by molar-refractivity contribution is 6.00. The molecule has 1 unspecified atom stereocenters. The van der Waals surface area contributed by atoms with Gasteiger partial charge in [-0.15, -0.1) is 0 Å². The summed E-state index contributed by atoms with van der Waals surface area (Å²) in [6.07, 6.45) is 1.80. The third-order valence-electron chi connectivity index (χ3n) is 6.09. The molecule has 1 atom stereocenters. The molecule has 0 aliphatic carbocycles. The smallest absolute Gasteiger partial charge is 0.341 e. The number of rotatable bonds is 4.